The van der Waals surface area contributed by atoms with Gasteiger partial charge < -0.3 is 19.0 Å². The molecule has 20 heavy (non-hydrogen) atoms. The van der Waals surface area contributed by atoms with E-state index in [0.29, 0.717) is 23.7 Å². The van der Waals surface area contributed by atoms with Gasteiger partial charge in [0, 0.05) is 17.5 Å². The summed E-state index contributed by atoms with van der Waals surface area (Å²) in [4.78, 5) is 11.2. The molecule has 0 atom stereocenters. The van der Waals surface area contributed by atoms with Crippen molar-refractivity contribution >= 4 is 11.0 Å². The minimum absolute atomic E-state index is 0.00685. The summed E-state index contributed by atoms with van der Waals surface area (Å²) in [6.07, 6.45) is 1.77. The van der Waals surface area contributed by atoms with Crippen LogP contribution in [0.1, 0.15) is 6.92 Å². The fourth-order valence-electron chi connectivity index (χ4n) is 1.69. The molecule has 1 aromatic carbocycles. The molecular weight excluding hydrogens is 260 g/mol. The lowest BCUT2D eigenvalue weighted by molar-refractivity contribution is 0.316. The molecule has 0 aliphatic carbocycles. The highest BCUT2D eigenvalue weighted by atomic mass is 16.5. The Labute approximate surface area is 116 Å². The van der Waals surface area contributed by atoms with Crippen molar-refractivity contribution in [3.8, 4) is 11.5 Å². The standard InChI is InChI=1S/C15H16O5/c1-10(9-16)5-6-19-14-8-12-11(7-13(14)18-2)3-4-15(17)20-12/h3-5,7-8,16H,6,9H2,1-2H3/b10-5-. The lowest BCUT2D eigenvalue weighted by Crippen LogP contribution is -2.00. The molecule has 0 aliphatic heterocycles. The van der Waals surface area contributed by atoms with Gasteiger partial charge in [0.1, 0.15) is 12.2 Å². The highest BCUT2D eigenvalue weighted by Gasteiger charge is 2.08. The Balaban J connectivity index is 2.33. The molecule has 5 nitrogen and oxygen atoms in total. The second kappa shape index (κ2) is 6.25. The van der Waals surface area contributed by atoms with E-state index in [-0.39, 0.29) is 6.61 Å². The predicted molar refractivity (Wildman–Crippen MR) is 75.4 cm³/mol. The summed E-state index contributed by atoms with van der Waals surface area (Å²) in [6, 6.07) is 6.40. The number of aliphatic hydroxyl groups excluding tert-OH is 1. The Kier molecular flexibility index (Phi) is 4.42. The van der Waals surface area contributed by atoms with E-state index in [1.165, 1.54) is 6.07 Å². The third-order valence-corrected chi connectivity index (χ3v) is 2.83. The number of fused-ring (bicyclic) bond motifs is 1. The number of hydrogen-bond donors (Lipinski definition) is 1. The van der Waals surface area contributed by atoms with Crippen molar-refractivity contribution in [2.24, 2.45) is 0 Å². The molecule has 1 heterocycles. The monoisotopic (exact) mass is 276 g/mol. The van der Waals surface area contributed by atoms with Gasteiger partial charge in [-0.05, 0) is 30.7 Å². The molecule has 0 fully saturated rings. The van der Waals surface area contributed by atoms with Crippen molar-refractivity contribution < 1.29 is 19.0 Å². The fourth-order valence-corrected chi connectivity index (χ4v) is 1.69. The average molecular weight is 276 g/mol. The van der Waals surface area contributed by atoms with E-state index >= 15 is 0 Å². The minimum Gasteiger partial charge on any atom is -0.493 e. The number of ether oxygens (including phenoxy) is 2. The molecule has 2 rings (SSSR count). The zero-order chi connectivity index (χ0) is 14.5. The summed E-state index contributed by atoms with van der Waals surface area (Å²) in [5, 5.41) is 9.67. The maximum absolute atomic E-state index is 11.2. The summed E-state index contributed by atoms with van der Waals surface area (Å²) >= 11 is 0. The maximum atomic E-state index is 11.2. The first kappa shape index (κ1) is 14.1. The Morgan fingerprint density at radius 2 is 2.15 bits per heavy atom. The van der Waals surface area contributed by atoms with Crippen LogP contribution in [0.15, 0.2) is 45.1 Å². The number of methoxy groups -OCH3 is 1. The molecule has 106 valence electrons. The number of aliphatic hydroxyl groups is 1. The van der Waals surface area contributed by atoms with Gasteiger partial charge in [0.25, 0.3) is 0 Å². The Morgan fingerprint density at radius 1 is 1.35 bits per heavy atom. The third kappa shape index (κ3) is 3.19. The smallest absolute Gasteiger partial charge is 0.336 e. The Bertz CT molecular complexity index is 684. The second-order valence-electron chi connectivity index (χ2n) is 4.31. The first-order chi connectivity index (χ1) is 9.63. The van der Waals surface area contributed by atoms with E-state index in [1.807, 2.05) is 0 Å². The molecule has 1 N–H and O–H groups in total. The van der Waals surface area contributed by atoms with E-state index in [4.69, 9.17) is 19.0 Å². The van der Waals surface area contributed by atoms with E-state index in [1.54, 1.807) is 38.3 Å². The zero-order valence-electron chi connectivity index (χ0n) is 11.4. The normalized spacial score (nSPS) is 11.7. The Morgan fingerprint density at radius 3 is 2.85 bits per heavy atom. The van der Waals surface area contributed by atoms with Gasteiger partial charge >= 0.3 is 5.63 Å². The predicted octanol–water partition coefficient (Wildman–Crippen LogP) is 2.12. The number of rotatable bonds is 5. The van der Waals surface area contributed by atoms with Crippen LogP contribution < -0.4 is 15.1 Å². The van der Waals surface area contributed by atoms with Crippen molar-refractivity contribution in [1.82, 2.24) is 0 Å². The van der Waals surface area contributed by atoms with Crippen LogP contribution in [0.5, 0.6) is 11.5 Å². The van der Waals surface area contributed by atoms with Gasteiger partial charge in [0.15, 0.2) is 11.5 Å². The largest absolute Gasteiger partial charge is 0.493 e. The van der Waals surface area contributed by atoms with Crippen LogP contribution in [-0.4, -0.2) is 25.4 Å². The molecule has 0 amide bonds. The first-order valence-electron chi connectivity index (χ1n) is 6.15. The zero-order valence-corrected chi connectivity index (χ0v) is 11.4. The van der Waals surface area contributed by atoms with Gasteiger partial charge in [-0.2, -0.15) is 0 Å². The molecule has 0 unspecified atom stereocenters. The van der Waals surface area contributed by atoms with Crippen molar-refractivity contribution in [3.63, 3.8) is 0 Å². The minimum atomic E-state index is -0.412. The average Bonchev–Trinajstić information content (AvgIpc) is 2.46. The van der Waals surface area contributed by atoms with Gasteiger partial charge in [0.2, 0.25) is 0 Å². The van der Waals surface area contributed by atoms with Crippen LogP contribution in [0.4, 0.5) is 0 Å². The number of hydrogen-bond acceptors (Lipinski definition) is 5. The fraction of sp³-hybridized carbons (Fsp3) is 0.267. The van der Waals surface area contributed by atoms with Crippen molar-refractivity contribution in [1.29, 1.82) is 0 Å². The topological polar surface area (TPSA) is 68.9 Å². The van der Waals surface area contributed by atoms with Crippen molar-refractivity contribution in [3.05, 3.63) is 46.3 Å². The molecule has 0 saturated carbocycles. The van der Waals surface area contributed by atoms with Crippen LogP contribution in [0.3, 0.4) is 0 Å². The molecule has 1 aromatic heterocycles. The summed E-state index contributed by atoms with van der Waals surface area (Å²) in [7, 11) is 1.54. The molecule has 0 spiro atoms. The molecular formula is C15H16O5. The van der Waals surface area contributed by atoms with Crippen LogP contribution in [0, 0.1) is 0 Å². The summed E-state index contributed by atoms with van der Waals surface area (Å²) in [5.74, 6) is 1.04. The van der Waals surface area contributed by atoms with Crippen molar-refractivity contribution in [2.45, 2.75) is 6.92 Å². The SMILES string of the molecule is COc1cc2ccc(=O)oc2cc1OC/C=C(/C)CO. The molecule has 0 aliphatic rings. The first-order valence-corrected chi connectivity index (χ1v) is 6.15. The second-order valence-corrected chi connectivity index (χ2v) is 4.31. The molecule has 0 bridgehead atoms. The van der Waals surface area contributed by atoms with E-state index in [2.05, 4.69) is 0 Å². The molecule has 0 radical (unpaired) electrons. The maximum Gasteiger partial charge on any atom is 0.336 e. The molecule has 0 saturated heterocycles. The summed E-state index contributed by atoms with van der Waals surface area (Å²) < 4.78 is 15.9. The van der Waals surface area contributed by atoms with Crippen LogP contribution in [-0.2, 0) is 0 Å². The van der Waals surface area contributed by atoms with Gasteiger partial charge in [-0.15, -0.1) is 0 Å². The highest BCUT2D eigenvalue weighted by molar-refractivity contribution is 5.80. The van der Waals surface area contributed by atoms with E-state index in [0.717, 1.165) is 11.0 Å². The van der Waals surface area contributed by atoms with E-state index < -0.39 is 5.63 Å². The Hall–Kier alpha value is -2.27. The molecule has 2 aromatic rings. The van der Waals surface area contributed by atoms with Crippen LogP contribution in [0.25, 0.3) is 11.0 Å². The lowest BCUT2D eigenvalue weighted by Gasteiger charge is -2.10. The van der Waals surface area contributed by atoms with Crippen LogP contribution >= 0.6 is 0 Å². The van der Waals surface area contributed by atoms with E-state index in [9.17, 15) is 4.79 Å². The lowest BCUT2D eigenvalue weighted by atomic mass is 10.2. The van der Waals surface area contributed by atoms with Gasteiger partial charge in [-0.25, -0.2) is 4.79 Å². The third-order valence-electron chi connectivity index (χ3n) is 2.83. The van der Waals surface area contributed by atoms with Crippen LogP contribution in [0.2, 0.25) is 0 Å². The van der Waals surface area contributed by atoms with Crippen molar-refractivity contribution in [2.75, 3.05) is 20.3 Å². The van der Waals surface area contributed by atoms with Gasteiger partial charge in [0.05, 0.1) is 13.7 Å². The van der Waals surface area contributed by atoms with Gasteiger partial charge in [-0.3, -0.25) is 0 Å². The quantitative estimate of drug-likeness (QED) is 0.669. The highest BCUT2D eigenvalue weighted by Crippen LogP contribution is 2.31. The summed E-state index contributed by atoms with van der Waals surface area (Å²) in [5.41, 5.74) is 0.845. The molecule has 5 heteroatoms. The van der Waals surface area contributed by atoms with Gasteiger partial charge in [-0.1, -0.05) is 0 Å². The summed E-state index contributed by atoms with van der Waals surface area (Å²) in [6.45, 7) is 2.10. The number of benzene rings is 1.